The maximum absolute atomic E-state index is 5.72. The first kappa shape index (κ1) is 11.9. The first-order valence-corrected chi connectivity index (χ1v) is 7.36. The Morgan fingerprint density at radius 1 is 1.06 bits per heavy atom. The second-order valence-corrected chi connectivity index (χ2v) is 6.17. The smallest absolute Gasteiger partial charge is 0.0637 e. The number of likely N-dealkylation sites (N-methyl/N-ethyl adjacent to an activating group) is 1. The van der Waals surface area contributed by atoms with Crippen LogP contribution in [0.4, 0.5) is 0 Å². The molecule has 3 fully saturated rings. The van der Waals surface area contributed by atoms with Crippen molar-refractivity contribution in [1.82, 2.24) is 10.2 Å². The molecule has 1 N–H and O–H groups in total. The summed E-state index contributed by atoms with van der Waals surface area (Å²) in [5.41, 5.74) is 0. The fraction of sp³-hybridized carbons (Fsp3) is 1.00. The lowest BCUT2D eigenvalue weighted by atomic mass is 10.0. The third kappa shape index (κ3) is 3.21. The van der Waals surface area contributed by atoms with E-state index in [1.54, 1.807) is 0 Å². The summed E-state index contributed by atoms with van der Waals surface area (Å²) in [7, 11) is 2.11. The lowest BCUT2D eigenvalue weighted by Crippen LogP contribution is -2.55. The molecule has 0 amide bonds. The van der Waals surface area contributed by atoms with E-state index in [0.717, 1.165) is 25.0 Å². The lowest BCUT2D eigenvalue weighted by Gasteiger charge is -2.40. The number of hydrogen-bond donors (Lipinski definition) is 1. The normalized spacial score (nSPS) is 34.2. The van der Waals surface area contributed by atoms with Gasteiger partial charge in [0, 0.05) is 31.8 Å². The molecule has 1 saturated heterocycles. The molecule has 0 aromatic carbocycles. The molecule has 2 atom stereocenters. The molecule has 3 nitrogen and oxygen atoms in total. The zero-order valence-corrected chi connectivity index (χ0v) is 11.0. The Labute approximate surface area is 105 Å². The molecule has 0 aromatic rings. The van der Waals surface area contributed by atoms with Crippen molar-refractivity contribution >= 4 is 0 Å². The van der Waals surface area contributed by atoms with E-state index in [1.807, 2.05) is 0 Å². The highest BCUT2D eigenvalue weighted by Crippen LogP contribution is 2.35. The van der Waals surface area contributed by atoms with Crippen LogP contribution in [0.5, 0.6) is 0 Å². The van der Waals surface area contributed by atoms with Crippen molar-refractivity contribution in [2.45, 2.75) is 44.2 Å². The minimum Gasteiger partial charge on any atom is -0.380 e. The molecular formula is C14H26N2O. The molecule has 1 aliphatic heterocycles. The third-order valence-corrected chi connectivity index (χ3v) is 4.55. The number of ether oxygens (including phenoxy) is 1. The quantitative estimate of drug-likeness (QED) is 0.759. The molecule has 98 valence electrons. The number of nitrogens with zero attached hydrogens (tertiary/aromatic N) is 1. The van der Waals surface area contributed by atoms with E-state index in [-0.39, 0.29) is 0 Å². The van der Waals surface area contributed by atoms with Crippen molar-refractivity contribution in [2.75, 3.05) is 33.4 Å². The van der Waals surface area contributed by atoms with Gasteiger partial charge in [-0.1, -0.05) is 0 Å². The first-order chi connectivity index (χ1) is 8.36. The monoisotopic (exact) mass is 238 g/mol. The molecule has 1 heterocycles. The molecule has 3 heteroatoms. The zero-order chi connectivity index (χ0) is 11.7. The molecule has 2 aliphatic carbocycles. The third-order valence-electron chi connectivity index (χ3n) is 4.55. The van der Waals surface area contributed by atoms with Gasteiger partial charge in [-0.25, -0.2) is 0 Å². The van der Waals surface area contributed by atoms with Crippen LogP contribution in [0.3, 0.4) is 0 Å². The SMILES string of the molecule is CNC1CCOCC1N(CC1CC1)CC1CC1. The first-order valence-electron chi connectivity index (χ1n) is 7.36. The van der Waals surface area contributed by atoms with Crippen LogP contribution in [-0.2, 0) is 4.74 Å². The highest BCUT2D eigenvalue weighted by atomic mass is 16.5. The average Bonchev–Trinajstić information content (AvgIpc) is 3.23. The Morgan fingerprint density at radius 2 is 1.71 bits per heavy atom. The summed E-state index contributed by atoms with van der Waals surface area (Å²) in [6.45, 7) is 4.51. The van der Waals surface area contributed by atoms with Crippen LogP contribution in [0.2, 0.25) is 0 Å². The van der Waals surface area contributed by atoms with Crippen LogP contribution in [0.1, 0.15) is 32.1 Å². The minimum atomic E-state index is 0.620. The number of hydrogen-bond acceptors (Lipinski definition) is 3. The number of nitrogens with one attached hydrogen (secondary N) is 1. The van der Waals surface area contributed by atoms with Gasteiger partial charge in [-0.15, -0.1) is 0 Å². The van der Waals surface area contributed by atoms with Crippen molar-refractivity contribution in [1.29, 1.82) is 0 Å². The molecule has 0 spiro atoms. The van der Waals surface area contributed by atoms with Crippen LogP contribution < -0.4 is 5.32 Å². The molecule has 17 heavy (non-hydrogen) atoms. The summed E-state index contributed by atoms with van der Waals surface area (Å²) >= 11 is 0. The van der Waals surface area contributed by atoms with Crippen molar-refractivity contribution in [3.63, 3.8) is 0 Å². The van der Waals surface area contributed by atoms with Crippen molar-refractivity contribution in [3.05, 3.63) is 0 Å². The Bertz CT molecular complexity index is 237. The Hall–Kier alpha value is -0.120. The molecule has 3 aliphatic rings. The summed E-state index contributed by atoms with van der Waals surface area (Å²) in [6.07, 6.45) is 7.00. The van der Waals surface area contributed by atoms with Gasteiger partial charge in [0.1, 0.15) is 0 Å². The highest BCUT2D eigenvalue weighted by Gasteiger charge is 2.36. The predicted molar refractivity (Wildman–Crippen MR) is 69.1 cm³/mol. The molecule has 0 aromatic heterocycles. The summed E-state index contributed by atoms with van der Waals surface area (Å²) in [4.78, 5) is 2.75. The fourth-order valence-corrected chi connectivity index (χ4v) is 3.03. The Balaban J connectivity index is 1.61. The van der Waals surface area contributed by atoms with Gasteiger partial charge >= 0.3 is 0 Å². The molecular weight excluding hydrogens is 212 g/mol. The van der Waals surface area contributed by atoms with Crippen LogP contribution >= 0.6 is 0 Å². The van der Waals surface area contributed by atoms with E-state index in [0.29, 0.717) is 12.1 Å². The van der Waals surface area contributed by atoms with Gasteiger partial charge in [0.25, 0.3) is 0 Å². The van der Waals surface area contributed by atoms with Gasteiger partial charge in [-0.05, 0) is 51.0 Å². The van der Waals surface area contributed by atoms with E-state index < -0.39 is 0 Å². The highest BCUT2D eigenvalue weighted by molar-refractivity contribution is 4.91. The van der Waals surface area contributed by atoms with Crippen molar-refractivity contribution in [2.24, 2.45) is 11.8 Å². The van der Waals surface area contributed by atoms with E-state index in [2.05, 4.69) is 17.3 Å². The fourth-order valence-electron chi connectivity index (χ4n) is 3.03. The minimum absolute atomic E-state index is 0.620. The molecule has 3 rings (SSSR count). The Morgan fingerprint density at radius 3 is 2.24 bits per heavy atom. The van der Waals surface area contributed by atoms with Gasteiger partial charge in [0.15, 0.2) is 0 Å². The lowest BCUT2D eigenvalue weighted by molar-refractivity contribution is -0.00486. The van der Waals surface area contributed by atoms with E-state index in [1.165, 1.54) is 45.2 Å². The summed E-state index contributed by atoms with van der Waals surface area (Å²) < 4.78 is 5.72. The van der Waals surface area contributed by atoms with Gasteiger partial charge in [0.05, 0.1) is 6.61 Å². The topological polar surface area (TPSA) is 24.5 Å². The predicted octanol–water partition coefficient (Wildman–Crippen LogP) is 1.49. The van der Waals surface area contributed by atoms with Gasteiger partial charge in [0.2, 0.25) is 0 Å². The Kier molecular flexibility index (Phi) is 3.69. The maximum atomic E-state index is 5.72. The number of rotatable bonds is 6. The van der Waals surface area contributed by atoms with Crippen LogP contribution in [0.25, 0.3) is 0 Å². The second-order valence-electron chi connectivity index (χ2n) is 6.17. The van der Waals surface area contributed by atoms with Gasteiger partial charge < -0.3 is 10.1 Å². The van der Waals surface area contributed by atoms with E-state index in [9.17, 15) is 0 Å². The van der Waals surface area contributed by atoms with Crippen molar-refractivity contribution < 1.29 is 4.74 Å². The van der Waals surface area contributed by atoms with Crippen molar-refractivity contribution in [3.8, 4) is 0 Å². The molecule has 2 saturated carbocycles. The standard InChI is InChI=1S/C14H26N2O/c1-15-13-6-7-17-10-14(13)16(8-11-2-3-11)9-12-4-5-12/h11-15H,2-10H2,1H3. The second kappa shape index (κ2) is 5.25. The van der Waals surface area contributed by atoms with Gasteiger partial charge in [-0.2, -0.15) is 0 Å². The van der Waals surface area contributed by atoms with Crippen LogP contribution in [0, 0.1) is 11.8 Å². The molecule has 2 unspecified atom stereocenters. The summed E-state index contributed by atoms with van der Waals surface area (Å²) in [5, 5.41) is 3.50. The van der Waals surface area contributed by atoms with E-state index in [4.69, 9.17) is 4.74 Å². The van der Waals surface area contributed by atoms with Crippen LogP contribution in [0.15, 0.2) is 0 Å². The summed E-state index contributed by atoms with van der Waals surface area (Å²) in [5.74, 6) is 1.99. The maximum Gasteiger partial charge on any atom is 0.0637 e. The van der Waals surface area contributed by atoms with Crippen LogP contribution in [-0.4, -0.2) is 50.3 Å². The average molecular weight is 238 g/mol. The van der Waals surface area contributed by atoms with E-state index >= 15 is 0 Å². The molecule has 0 radical (unpaired) electrons. The summed E-state index contributed by atoms with van der Waals surface area (Å²) in [6, 6.07) is 1.26. The van der Waals surface area contributed by atoms with Gasteiger partial charge in [-0.3, -0.25) is 4.90 Å². The molecule has 0 bridgehead atoms. The zero-order valence-electron chi connectivity index (χ0n) is 11.0. The largest absolute Gasteiger partial charge is 0.380 e.